The molecule has 2 saturated heterocycles. The van der Waals surface area contributed by atoms with Crippen LogP contribution < -0.4 is 15.4 Å². The Morgan fingerprint density at radius 2 is 1.97 bits per heavy atom. The molecule has 0 radical (unpaired) electrons. The molecule has 1 aromatic carbocycles. The number of ether oxygens (including phenoxy) is 1. The van der Waals surface area contributed by atoms with Gasteiger partial charge in [0, 0.05) is 56.0 Å². The van der Waals surface area contributed by atoms with Gasteiger partial charge in [0.2, 0.25) is 0 Å². The van der Waals surface area contributed by atoms with E-state index in [1.807, 2.05) is 30.8 Å². The van der Waals surface area contributed by atoms with Crippen LogP contribution in [-0.4, -0.2) is 76.9 Å². The van der Waals surface area contributed by atoms with Crippen molar-refractivity contribution >= 4 is 29.6 Å². The first-order valence-electron chi connectivity index (χ1n) is 11.9. The predicted octanol–water partition coefficient (Wildman–Crippen LogP) is 2.00. The summed E-state index contributed by atoms with van der Waals surface area (Å²) >= 11 is 1.99. The molecule has 0 bridgehead atoms. The van der Waals surface area contributed by atoms with E-state index < -0.39 is 23.8 Å². The highest BCUT2D eigenvalue weighted by Crippen LogP contribution is 2.30. The molecule has 1 atom stereocenters. The molecule has 194 valence electrons. The second-order valence-electron chi connectivity index (χ2n) is 8.53. The molecule has 37 heavy (non-hydrogen) atoms. The maximum absolute atomic E-state index is 13.8. The molecule has 4 amide bonds. The van der Waals surface area contributed by atoms with Gasteiger partial charge in [-0.25, -0.2) is 9.18 Å². The van der Waals surface area contributed by atoms with Gasteiger partial charge in [-0.05, 0) is 30.7 Å². The number of aromatic nitrogens is 1. The lowest BCUT2D eigenvalue weighted by Gasteiger charge is -2.25. The third kappa shape index (κ3) is 6.39. The van der Waals surface area contributed by atoms with Crippen molar-refractivity contribution in [2.45, 2.75) is 26.1 Å². The van der Waals surface area contributed by atoms with Crippen molar-refractivity contribution in [1.29, 1.82) is 0 Å². The van der Waals surface area contributed by atoms with E-state index in [0.717, 1.165) is 36.5 Å². The number of nitrogens with one attached hydrogen (secondary N) is 2. The number of imide groups is 1. The Balaban J connectivity index is 0.000000186. The average molecular weight is 526 g/mol. The van der Waals surface area contributed by atoms with Crippen LogP contribution in [0.3, 0.4) is 0 Å². The lowest BCUT2D eigenvalue weighted by molar-refractivity contribution is -0.119. The SMILES string of the molecule is CCN1Cc2ccc(OC)c(F)c2C1=O.O=C1NC(=O)C(C#Cc2ccc(CN3CCSCC3)nc2)N1. The number of rotatable bonds is 4. The number of amides is 4. The molecule has 4 heterocycles. The van der Waals surface area contributed by atoms with Crippen LogP contribution in [0.1, 0.15) is 34.1 Å². The van der Waals surface area contributed by atoms with Gasteiger partial charge in [0.15, 0.2) is 17.6 Å². The van der Waals surface area contributed by atoms with Crippen LogP contribution in [0.15, 0.2) is 30.5 Å². The molecule has 5 rings (SSSR count). The molecule has 3 aliphatic rings. The predicted molar refractivity (Wildman–Crippen MR) is 138 cm³/mol. The number of methoxy groups -OCH3 is 1. The number of hydrogen-bond donors (Lipinski definition) is 2. The number of benzene rings is 1. The van der Waals surface area contributed by atoms with Crippen LogP contribution in [0.2, 0.25) is 0 Å². The van der Waals surface area contributed by atoms with Gasteiger partial charge in [-0.3, -0.25) is 24.8 Å². The van der Waals surface area contributed by atoms with Crippen molar-refractivity contribution in [2.24, 2.45) is 0 Å². The Morgan fingerprint density at radius 1 is 1.19 bits per heavy atom. The standard InChI is InChI=1S/C15H16N4O2S.C11H12FNO2/c20-14-13(17-15(21)18-14)4-2-11-1-3-12(16-9-11)10-19-5-7-22-8-6-19;1-3-13-6-7-4-5-8(15-2)10(12)9(7)11(13)14/h1,3,9,13H,5-8,10H2,(H2,17,18,20,21);4-5H,3,6H2,1-2H3. The zero-order valence-electron chi connectivity index (χ0n) is 20.7. The van der Waals surface area contributed by atoms with E-state index in [1.54, 1.807) is 23.2 Å². The fourth-order valence-corrected chi connectivity index (χ4v) is 5.04. The summed E-state index contributed by atoms with van der Waals surface area (Å²) in [5, 5.41) is 4.58. The molecule has 2 aromatic rings. The number of halogens is 1. The summed E-state index contributed by atoms with van der Waals surface area (Å²) in [6, 6.07) is 5.86. The van der Waals surface area contributed by atoms with E-state index in [1.165, 1.54) is 18.6 Å². The molecule has 11 heteroatoms. The van der Waals surface area contributed by atoms with Crippen molar-refractivity contribution in [3.05, 3.63) is 58.7 Å². The quantitative estimate of drug-likeness (QED) is 0.465. The minimum atomic E-state index is -0.780. The number of carbonyl (C=O) groups is 3. The third-order valence-corrected chi connectivity index (χ3v) is 7.05. The van der Waals surface area contributed by atoms with Gasteiger partial charge < -0.3 is 15.0 Å². The zero-order valence-corrected chi connectivity index (χ0v) is 21.5. The molecule has 1 unspecified atom stereocenters. The summed E-state index contributed by atoms with van der Waals surface area (Å²) in [5.41, 5.74) is 2.65. The number of carbonyl (C=O) groups excluding carboxylic acids is 3. The van der Waals surface area contributed by atoms with Crippen LogP contribution in [0.4, 0.5) is 9.18 Å². The highest BCUT2D eigenvalue weighted by molar-refractivity contribution is 7.99. The Kier molecular flexibility index (Phi) is 8.63. The van der Waals surface area contributed by atoms with Crippen LogP contribution >= 0.6 is 11.8 Å². The summed E-state index contributed by atoms with van der Waals surface area (Å²) in [6.45, 7) is 6.02. The topological polar surface area (TPSA) is 104 Å². The van der Waals surface area contributed by atoms with Crippen LogP contribution in [-0.2, 0) is 17.9 Å². The molecule has 0 spiro atoms. The Labute approximate surface area is 219 Å². The van der Waals surface area contributed by atoms with Gasteiger partial charge in [-0.1, -0.05) is 17.9 Å². The fourth-order valence-electron chi connectivity index (χ4n) is 4.06. The van der Waals surface area contributed by atoms with Crippen LogP contribution in [0, 0.1) is 17.7 Å². The second kappa shape index (κ2) is 12.1. The van der Waals surface area contributed by atoms with E-state index in [9.17, 15) is 18.8 Å². The molecular formula is C26H28FN5O4S. The lowest BCUT2D eigenvalue weighted by Crippen LogP contribution is -2.32. The van der Waals surface area contributed by atoms with Crippen molar-refractivity contribution in [3.63, 3.8) is 0 Å². The molecule has 0 saturated carbocycles. The summed E-state index contributed by atoms with van der Waals surface area (Å²) in [6.07, 6.45) is 1.70. The average Bonchev–Trinajstić information content (AvgIpc) is 3.42. The number of fused-ring (bicyclic) bond motifs is 1. The number of pyridine rings is 1. The van der Waals surface area contributed by atoms with Gasteiger partial charge in [0.25, 0.3) is 11.8 Å². The van der Waals surface area contributed by atoms with Crippen molar-refractivity contribution < 1.29 is 23.5 Å². The molecule has 2 fully saturated rings. The monoisotopic (exact) mass is 525 g/mol. The first-order valence-corrected chi connectivity index (χ1v) is 13.1. The maximum Gasteiger partial charge on any atom is 0.322 e. The molecule has 0 aliphatic carbocycles. The smallest absolute Gasteiger partial charge is 0.322 e. The van der Waals surface area contributed by atoms with Crippen molar-refractivity contribution in [3.8, 4) is 17.6 Å². The van der Waals surface area contributed by atoms with Crippen LogP contribution in [0.5, 0.6) is 5.75 Å². The molecular weight excluding hydrogens is 497 g/mol. The zero-order chi connectivity index (χ0) is 26.4. The van der Waals surface area contributed by atoms with Gasteiger partial charge in [-0.2, -0.15) is 11.8 Å². The summed E-state index contributed by atoms with van der Waals surface area (Å²) in [5.74, 6) is 6.88. The van der Waals surface area contributed by atoms with Gasteiger partial charge >= 0.3 is 6.03 Å². The number of hydrogen-bond acceptors (Lipinski definition) is 7. The molecule has 9 nitrogen and oxygen atoms in total. The summed E-state index contributed by atoms with van der Waals surface area (Å²) in [4.78, 5) is 42.5. The maximum atomic E-state index is 13.8. The number of urea groups is 1. The van der Waals surface area contributed by atoms with Gasteiger partial charge in [0.1, 0.15) is 0 Å². The fraction of sp³-hybridized carbons (Fsp3) is 0.385. The van der Waals surface area contributed by atoms with E-state index in [0.29, 0.717) is 13.1 Å². The van der Waals surface area contributed by atoms with Gasteiger partial charge in [0.05, 0.1) is 18.4 Å². The Hall–Kier alpha value is -3.62. The van der Waals surface area contributed by atoms with E-state index in [-0.39, 0.29) is 17.2 Å². The van der Waals surface area contributed by atoms with Crippen LogP contribution in [0.25, 0.3) is 0 Å². The van der Waals surface area contributed by atoms with Gasteiger partial charge in [-0.15, -0.1) is 0 Å². The van der Waals surface area contributed by atoms with Crippen molar-refractivity contribution in [1.82, 2.24) is 25.4 Å². The normalized spacial score (nSPS) is 18.7. The Morgan fingerprint density at radius 3 is 2.59 bits per heavy atom. The first-order chi connectivity index (χ1) is 17.9. The minimum absolute atomic E-state index is 0.125. The number of thioether (sulfide) groups is 1. The summed E-state index contributed by atoms with van der Waals surface area (Å²) in [7, 11) is 1.39. The lowest BCUT2D eigenvalue weighted by atomic mass is 10.1. The highest BCUT2D eigenvalue weighted by Gasteiger charge is 2.31. The third-order valence-electron chi connectivity index (χ3n) is 6.11. The van der Waals surface area contributed by atoms with E-state index >= 15 is 0 Å². The number of nitrogens with zero attached hydrogens (tertiary/aromatic N) is 3. The first kappa shape index (κ1) is 26.4. The highest BCUT2D eigenvalue weighted by atomic mass is 32.2. The van der Waals surface area contributed by atoms with E-state index in [4.69, 9.17) is 4.74 Å². The van der Waals surface area contributed by atoms with E-state index in [2.05, 4.69) is 32.4 Å². The van der Waals surface area contributed by atoms with Crippen molar-refractivity contribution in [2.75, 3.05) is 38.2 Å². The minimum Gasteiger partial charge on any atom is -0.494 e. The molecule has 2 N–H and O–H groups in total. The molecule has 3 aliphatic heterocycles. The molecule has 1 aromatic heterocycles. The Bertz CT molecular complexity index is 1240. The second-order valence-corrected chi connectivity index (χ2v) is 9.75. The largest absolute Gasteiger partial charge is 0.494 e. The summed E-state index contributed by atoms with van der Waals surface area (Å²) < 4.78 is 18.6.